The van der Waals surface area contributed by atoms with E-state index in [-0.39, 0.29) is 17.9 Å². The highest BCUT2D eigenvalue weighted by atomic mass is 16.5. The molecule has 5 heteroatoms. The molecule has 2 heterocycles. The fraction of sp³-hybridized carbons (Fsp3) is 0.615. The average Bonchev–Trinajstić information content (AvgIpc) is 3.05. The molecule has 168 valence electrons. The number of hydrogen-bond donors (Lipinski definition) is 0. The molecule has 0 radical (unpaired) electrons. The van der Waals surface area contributed by atoms with Crippen LogP contribution in [0.15, 0.2) is 36.0 Å². The third-order valence-electron chi connectivity index (χ3n) is 6.92. The second-order valence-electron chi connectivity index (χ2n) is 9.08. The largest absolute Gasteiger partial charge is 0.378 e. The quantitative estimate of drug-likeness (QED) is 0.656. The maximum Gasteiger partial charge on any atom is 0.278 e. The fourth-order valence-corrected chi connectivity index (χ4v) is 5.21. The van der Waals surface area contributed by atoms with E-state index in [0.717, 1.165) is 31.2 Å². The summed E-state index contributed by atoms with van der Waals surface area (Å²) in [5.74, 6) is -0.197. The molecule has 1 saturated carbocycles. The monoisotopic (exact) mass is 424 g/mol. The molecule has 0 atom stereocenters. The summed E-state index contributed by atoms with van der Waals surface area (Å²) in [6, 6.07) is 9.74. The Labute approximate surface area is 186 Å². The van der Waals surface area contributed by atoms with Crippen LogP contribution >= 0.6 is 0 Å². The minimum absolute atomic E-state index is 0.0108. The third kappa shape index (κ3) is 5.20. The van der Waals surface area contributed by atoms with Gasteiger partial charge in [0.1, 0.15) is 5.70 Å². The van der Waals surface area contributed by atoms with E-state index in [9.17, 15) is 9.59 Å². The van der Waals surface area contributed by atoms with E-state index in [2.05, 4.69) is 4.90 Å². The minimum Gasteiger partial charge on any atom is -0.378 e. The number of carbonyl (C=O) groups is 2. The smallest absolute Gasteiger partial charge is 0.278 e. The van der Waals surface area contributed by atoms with Crippen LogP contribution in [0.1, 0.15) is 76.2 Å². The molecule has 0 bridgehead atoms. The number of amides is 2. The van der Waals surface area contributed by atoms with Crippen molar-refractivity contribution in [1.29, 1.82) is 0 Å². The number of benzene rings is 1. The van der Waals surface area contributed by atoms with Crippen molar-refractivity contribution in [3.63, 3.8) is 0 Å². The Bertz CT molecular complexity index is 771. The molecule has 2 amide bonds. The normalized spacial score (nSPS) is 23.1. The first kappa shape index (κ1) is 22.1. The lowest BCUT2D eigenvalue weighted by molar-refractivity contribution is -0.140. The van der Waals surface area contributed by atoms with Gasteiger partial charge in [0, 0.05) is 19.1 Å². The van der Waals surface area contributed by atoms with Crippen LogP contribution in [0, 0.1) is 0 Å². The zero-order valence-corrected chi connectivity index (χ0v) is 18.7. The lowest BCUT2D eigenvalue weighted by Gasteiger charge is -2.31. The third-order valence-corrected chi connectivity index (χ3v) is 6.92. The predicted molar refractivity (Wildman–Crippen MR) is 122 cm³/mol. The van der Waals surface area contributed by atoms with Crippen LogP contribution in [0.5, 0.6) is 0 Å². The van der Waals surface area contributed by atoms with Crippen molar-refractivity contribution in [3.05, 3.63) is 41.6 Å². The molecule has 4 rings (SSSR count). The predicted octanol–water partition coefficient (Wildman–Crippen LogP) is 4.77. The summed E-state index contributed by atoms with van der Waals surface area (Å²) in [6.07, 6.45) is 12.9. The van der Waals surface area contributed by atoms with Crippen LogP contribution in [0.3, 0.4) is 0 Å². The van der Waals surface area contributed by atoms with Gasteiger partial charge in [-0.15, -0.1) is 0 Å². The van der Waals surface area contributed by atoms with Gasteiger partial charge < -0.3 is 9.64 Å². The number of nitrogens with zero attached hydrogens (tertiary/aromatic N) is 2. The van der Waals surface area contributed by atoms with Crippen molar-refractivity contribution in [2.45, 2.75) is 76.7 Å². The van der Waals surface area contributed by atoms with Gasteiger partial charge in [0.05, 0.1) is 18.8 Å². The Hall–Kier alpha value is -2.14. The minimum atomic E-state index is -0.102. The Morgan fingerprint density at radius 3 is 1.84 bits per heavy atom. The summed E-state index contributed by atoms with van der Waals surface area (Å²) in [5, 5.41) is 0. The van der Waals surface area contributed by atoms with Crippen LogP contribution in [0.2, 0.25) is 0 Å². The number of imide groups is 1. The molecule has 1 saturated heterocycles. The maximum absolute atomic E-state index is 13.7. The van der Waals surface area contributed by atoms with Gasteiger partial charge in [-0.2, -0.15) is 0 Å². The first-order valence-electron chi connectivity index (χ1n) is 12.3. The van der Waals surface area contributed by atoms with Crippen molar-refractivity contribution in [2.24, 2.45) is 0 Å². The number of rotatable bonds is 3. The van der Waals surface area contributed by atoms with E-state index in [1.165, 1.54) is 44.9 Å². The van der Waals surface area contributed by atoms with E-state index < -0.39 is 0 Å². The summed E-state index contributed by atoms with van der Waals surface area (Å²) in [6.45, 7) is 2.50. The van der Waals surface area contributed by atoms with Crippen molar-refractivity contribution < 1.29 is 14.3 Å². The van der Waals surface area contributed by atoms with E-state index in [0.29, 0.717) is 37.6 Å². The van der Waals surface area contributed by atoms with Gasteiger partial charge in [0.25, 0.3) is 11.8 Å². The second kappa shape index (κ2) is 10.9. The molecule has 5 nitrogen and oxygen atoms in total. The summed E-state index contributed by atoms with van der Waals surface area (Å²) >= 11 is 0. The van der Waals surface area contributed by atoms with Crippen LogP contribution in [0.25, 0.3) is 5.57 Å². The summed E-state index contributed by atoms with van der Waals surface area (Å²) in [7, 11) is 0. The molecule has 0 unspecified atom stereocenters. The van der Waals surface area contributed by atoms with Gasteiger partial charge in [-0.25, -0.2) is 0 Å². The van der Waals surface area contributed by atoms with Crippen molar-refractivity contribution in [2.75, 3.05) is 26.3 Å². The van der Waals surface area contributed by atoms with Gasteiger partial charge in [0.2, 0.25) is 0 Å². The van der Waals surface area contributed by atoms with E-state index in [1.54, 1.807) is 4.90 Å². The first-order valence-corrected chi connectivity index (χ1v) is 12.3. The molecule has 1 aromatic carbocycles. The van der Waals surface area contributed by atoms with Gasteiger partial charge >= 0.3 is 0 Å². The average molecular weight is 425 g/mol. The van der Waals surface area contributed by atoms with E-state index in [1.807, 2.05) is 30.3 Å². The Kier molecular flexibility index (Phi) is 7.79. The van der Waals surface area contributed by atoms with Gasteiger partial charge in [-0.05, 0) is 18.4 Å². The van der Waals surface area contributed by atoms with Crippen LogP contribution in [-0.2, 0) is 14.3 Å². The molecule has 1 aromatic rings. The number of morpholine rings is 1. The summed E-state index contributed by atoms with van der Waals surface area (Å²) in [5.41, 5.74) is 2.02. The van der Waals surface area contributed by atoms with Crippen LogP contribution in [0.4, 0.5) is 0 Å². The first-order chi connectivity index (χ1) is 15.3. The molecule has 31 heavy (non-hydrogen) atoms. The Morgan fingerprint density at radius 1 is 0.710 bits per heavy atom. The highest BCUT2D eigenvalue weighted by molar-refractivity contribution is 6.35. The highest BCUT2D eigenvalue weighted by Crippen LogP contribution is 2.35. The van der Waals surface area contributed by atoms with Crippen molar-refractivity contribution in [3.8, 4) is 0 Å². The molecular formula is C26H36N2O3. The highest BCUT2D eigenvalue weighted by Gasteiger charge is 2.44. The molecule has 0 spiro atoms. The molecule has 2 fully saturated rings. The zero-order valence-electron chi connectivity index (χ0n) is 18.7. The number of ether oxygens (including phenoxy) is 1. The maximum atomic E-state index is 13.7. The molecule has 0 N–H and O–H groups in total. The lowest BCUT2D eigenvalue weighted by atomic mass is 9.96. The van der Waals surface area contributed by atoms with E-state index in [4.69, 9.17) is 4.74 Å². The van der Waals surface area contributed by atoms with E-state index >= 15 is 0 Å². The Balaban J connectivity index is 1.61. The van der Waals surface area contributed by atoms with Crippen molar-refractivity contribution >= 4 is 17.4 Å². The van der Waals surface area contributed by atoms with Crippen molar-refractivity contribution in [1.82, 2.24) is 9.80 Å². The topological polar surface area (TPSA) is 49.9 Å². The molecular weight excluding hydrogens is 388 g/mol. The number of hydrogen-bond acceptors (Lipinski definition) is 4. The van der Waals surface area contributed by atoms with Gasteiger partial charge in [-0.1, -0.05) is 88.1 Å². The number of carbonyl (C=O) groups excluding carboxylic acids is 2. The zero-order chi connectivity index (χ0) is 21.5. The second-order valence-corrected chi connectivity index (χ2v) is 9.08. The fourth-order valence-electron chi connectivity index (χ4n) is 5.21. The van der Waals surface area contributed by atoms with Gasteiger partial charge in [0.15, 0.2) is 0 Å². The van der Waals surface area contributed by atoms with Crippen LogP contribution in [-0.4, -0.2) is 54.0 Å². The molecule has 0 aromatic heterocycles. The standard InChI is InChI=1S/C26H36N2O3/c29-25-23(21-13-9-8-10-14-21)24(27-17-19-31-20-18-27)26(30)28(25)22-15-11-6-4-2-1-3-5-7-12-16-22/h8-10,13-14,22H,1-7,11-12,15-20H2. The SMILES string of the molecule is O=C1C(c2ccccc2)=C(N2CCOCC2)C(=O)N1C1CCCCCCCCCCC1. The summed E-state index contributed by atoms with van der Waals surface area (Å²) < 4.78 is 5.51. The van der Waals surface area contributed by atoms with Gasteiger partial charge in [-0.3, -0.25) is 14.5 Å². The lowest BCUT2D eigenvalue weighted by Crippen LogP contribution is -2.44. The molecule has 3 aliphatic rings. The molecule has 2 aliphatic heterocycles. The van der Waals surface area contributed by atoms with Crippen LogP contribution < -0.4 is 0 Å². The Morgan fingerprint density at radius 2 is 1.26 bits per heavy atom. The molecule has 1 aliphatic carbocycles. The summed E-state index contributed by atoms with van der Waals surface area (Å²) in [4.78, 5) is 31.2.